The highest BCUT2D eigenvalue weighted by Gasteiger charge is 2.45. The van der Waals surface area contributed by atoms with Crippen LogP contribution in [0.2, 0.25) is 0 Å². The molecule has 4 amide bonds. The van der Waals surface area contributed by atoms with Gasteiger partial charge in [-0.25, -0.2) is 4.39 Å². The van der Waals surface area contributed by atoms with Crippen LogP contribution in [-0.4, -0.2) is 82.1 Å². The first-order valence-electron chi connectivity index (χ1n) is 16.1. The summed E-state index contributed by atoms with van der Waals surface area (Å²) in [5.74, 6) is -1.57. The van der Waals surface area contributed by atoms with Gasteiger partial charge in [0.15, 0.2) is 0 Å². The fraction of sp³-hybridized carbons (Fsp3) is 0.455. The van der Waals surface area contributed by atoms with Crippen LogP contribution in [0, 0.1) is 11.7 Å². The second-order valence-corrected chi connectivity index (χ2v) is 13.0. The van der Waals surface area contributed by atoms with Gasteiger partial charge in [-0.15, -0.1) is 0 Å². The summed E-state index contributed by atoms with van der Waals surface area (Å²) in [5, 5.41) is 14.1. The first-order valence-corrected chi connectivity index (χ1v) is 16.1. The van der Waals surface area contributed by atoms with Gasteiger partial charge in [0, 0.05) is 68.6 Å². The molecule has 0 radical (unpaired) electrons. The second kappa shape index (κ2) is 11.3. The molecule has 2 saturated carbocycles. The van der Waals surface area contributed by atoms with E-state index in [1.165, 1.54) is 6.20 Å². The van der Waals surface area contributed by atoms with Crippen LogP contribution < -0.4 is 20.9 Å². The molecule has 8 rings (SSSR count). The number of nitrogens with one attached hydrogen (secondary N) is 3. The monoisotopic (exact) mass is 626 g/mol. The minimum atomic E-state index is -0.982. The first-order chi connectivity index (χ1) is 22.3. The molecular formula is C33H35FN8O4. The lowest BCUT2D eigenvalue weighted by Gasteiger charge is -2.35. The molecule has 1 aromatic carbocycles. The van der Waals surface area contributed by atoms with Crippen molar-refractivity contribution in [1.29, 1.82) is 0 Å². The summed E-state index contributed by atoms with van der Waals surface area (Å²) in [6.07, 6.45) is 7.69. The van der Waals surface area contributed by atoms with Gasteiger partial charge in [0.1, 0.15) is 11.9 Å². The topological polar surface area (TPSA) is 142 Å². The van der Waals surface area contributed by atoms with Crippen molar-refractivity contribution in [3.63, 3.8) is 0 Å². The summed E-state index contributed by atoms with van der Waals surface area (Å²) >= 11 is 0. The van der Waals surface area contributed by atoms with Crippen LogP contribution in [0.25, 0.3) is 11.3 Å². The van der Waals surface area contributed by atoms with Crippen molar-refractivity contribution < 1.29 is 23.6 Å². The van der Waals surface area contributed by atoms with Crippen LogP contribution >= 0.6 is 0 Å². The smallest absolute Gasteiger partial charge is 0.262 e. The Kier molecular flexibility index (Phi) is 7.08. The molecule has 238 valence electrons. The number of aromatic nitrogens is 3. The van der Waals surface area contributed by atoms with Crippen LogP contribution in [-0.2, 0) is 9.59 Å². The Morgan fingerprint density at radius 3 is 2.50 bits per heavy atom. The number of fused-ring (bicyclic) bond motifs is 1. The fourth-order valence-electron chi connectivity index (χ4n) is 7.14. The fourth-order valence-corrected chi connectivity index (χ4v) is 7.14. The third-order valence-corrected chi connectivity index (χ3v) is 9.89. The molecule has 2 aliphatic carbocycles. The molecule has 3 N–H and O–H groups in total. The van der Waals surface area contributed by atoms with Gasteiger partial charge in [0.05, 0.1) is 40.4 Å². The van der Waals surface area contributed by atoms with Crippen molar-refractivity contribution >= 4 is 35.0 Å². The molecule has 2 aromatic heterocycles. The molecular weight excluding hydrogens is 591 g/mol. The predicted octanol–water partition coefficient (Wildman–Crippen LogP) is 2.84. The Balaban J connectivity index is 0.932. The number of carbonyl (C=O) groups excluding carboxylic acids is 4. The van der Waals surface area contributed by atoms with Crippen molar-refractivity contribution in [2.45, 2.75) is 56.5 Å². The van der Waals surface area contributed by atoms with Crippen molar-refractivity contribution in [2.75, 3.05) is 42.9 Å². The standard InChI is InChI=1S/C33H35FN8O4/c34-20-13-27(40-9-7-35-8-10-40)30(37-16-20)25-17-41(39-29(25)19-1-2-19)22-11-18(12-22)15-36-21-3-4-23-24(14-21)33(46)42(32(23)45)26-5-6-28(43)38-31(26)44/h3-4,13-14,16-19,22,26,35-36H,1-2,5-12,15H2,(H,38,43,44)/t18-,22-,26?. The van der Waals surface area contributed by atoms with Gasteiger partial charge >= 0.3 is 0 Å². The third-order valence-electron chi connectivity index (χ3n) is 9.89. The lowest BCUT2D eigenvalue weighted by Crippen LogP contribution is -2.54. The summed E-state index contributed by atoms with van der Waals surface area (Å²) in [6, 6.07) is 5.94. The van der Waals surface area contributed by atoms with Gasteiger partial charge in [0.2, 0.25) is 11.8 Å². The normalized spacial score (nSPS) is 24.6. The van der Waals surface area contributed by atoms with Crippen molar-refractivity contribution in [1.82, 2.24) is 30.3 Å². The van der Waals surface area contributed by atoms with Gasteiger partial charge in [-0.2, -0.15) is 5.10 Å². The second-order valence-electron chi connectivity index (χ2n) is 13.0. The molecule has 1 unspecified atom stereocenters. The molecule has 1 atom stereocenters. The quantitative estimate of drug-likeness (QED) is 0.322. The predicted molar refractivity (Wildman–Crippen MR) is 166 cm³/mol. The van der Waals surface area contributed by atoms with E-state index in [1.807, 2.05) is 0 Å². The summed E-state index contributed by atoms with van der Waals surface area (Å²) in [6.45, 7) is 4.00. The van der Waals surface area contributed by atoms with Crippen LogP contribution in [0.1, 0.15) is 76.9 Å². The maximum absolute atomic E-state index is 14.4. The van der Waals surface area contributed by atoms with Gasteiger partial charge < -0.3 is 15.5 Å². The number of rotatable bonds is 8. The maximum atomic E-state index is 14.4. The summed E-state index contributed by atoms with van der Waals surface area (Å²) in [4.78, 5) is 57.8. The number of anilines is 2. The number of halogens is 1. The average molecular weight is 627 g/mol. The van der Waals surface area contributed by atoms with Crippen LogP contribution in [0.15, 0.2) is 36.7 Å². The number of hydrogen-bond acceptors (Lipinski definition) is 9. The van der Waals surface area contributed by atoms with E-state index in [1.54, 1.807) is 24.3 Å². The van der Waals surface area contributed by atoms with E-state index in [4.69, 9.17) is 5.10 Å². The van der Waals surface area contributed by atoms with Crippen molar-refractivity contribution in [2.24, 2.45) is 5.92 Å². The Labute approximate surface area is 264 Å². The van der Waals surface area contributed by atoms with Gasteiger partial charge in [0.25, 0.3) is 11.8 Å². The third kappa shape index (κ3) is 5.12. The molecule has 12 nitrogen and oxygen atoms in total. The average Bonchev–Trinajstić information content (AvgIpc) is 3.75. The largest absolute Gasteiger partial charge is 0.385 e. The number of piperidine rings is 1. The van der Waals surface area contributed by atoms with E-state index in [9.17, 15) is 23.6 Å². The number of nitrogens with zero attached hydrogens (tertiary/aromatic N) is 5. The molecule has 5 aliphatic rings. The summed E-state index contributed by atoms with van der Waals surface area (Å²) < 4.78 is 16.4. The highest BCUT2D eigenvalue weighted by atomic mass is 19.1. The summed E-state index contributed by atoms with van der Waals surface area (Å²) in [7, 11) is 0. The minimum absolute atomic E-state index is 0.0847. The molecule has 4 fully saturated rings. The molecule has 0 spiro atoms. The van der Waals surface area contributed by atoms with E-state index >= 15 is 0 Å². The van der Waals surface area contributed by atoms with Crippen LogP contribution in [0.5, 0.6) is 0 Å². The number of benzene rings is 1. The van der Waals surface area contributed by atoms with Gasteiger partial charge in [-0.3, -0.25) is 39.1 Å². The van der Waals surface area contributed by atoms with Gasteiger partial charge in [-0.1, -0.05) is 0 Å². The number of pyridine rings is 1. The lowest BCUT2D eigenvalue weighted by molar-refractivity contribution is -0.136. The van der Waals surface area contributed by atoms with Crippen molar-refractivity contribution in [3.8, 4) is 11.3 Å². The molecule has 3 aromatic rings. The Hall–Kier alpha value is -4.65. The Bertz CT molecular complexity index is 1760. The van der Waals surface area contributed by atoms with Crippen LogP contribution in [0.3, 0.4) is 0 Å². The number of imide groups is 2. The summed E-state index contributed by atoms with van der Waals surface area (Å²) in [5.41, 5.74) is 4.94. The molecule has 2 saturated heterocycles. The molecule has 46 heavy (non-hydrogen) atoms. The Morgan fingerprint density at radius 1 is 0.957 bits per heavy atom. The van der Waals surface area contributed by atoms with E-state index in [-0.39, 0.29) is 35.8 Å². The molecule has 5 heterocycles. The number of hydrogen-bond donors (Lipinski definition) is 3. The van der Waals surface area contributed by atoms with Crippen LogP contribution in [0.4, 0.5) is 15.8 Å². The zero-order valence-corrected chi connectivity index (χ0v) is 25.3. The molecule has 0 bridgehead atoms. The maximum Gasteiger partial charge on any atom is 0.262 e. The highest BCUT2D eigenvalue weighted by Crippen LogP contribution is 2.47. The molecule has 3 aliphatic heterocycles. The van der Waals surface area contributed by atoms with E-state index in [0.29, 0.717) is 18.4 Å². The highest BCUT2D eigenvalue weighted by molar-refractivity contribution is 6.23. The van der Waals surface area contributed by atoms with E-state index in [0.717, 1.165) is 85.1 Å². The first kappa shape index (κ1) is 28.8. The van der Waals surface area contributed by atoms with E-state index in [2.05, 4.69) is 36.7 Å². The van der Waals surface area contributed by atoms with E-state index < -0.39 is 29.7 Å². The van der Waals surface area contributed by atoms with Crippen molar-refractivity contribution in [3.05, 3.63) is 59.3 Å². The SMILES string of the molecule is O=C1CCC(N2C(=O)c3ccc(NC[C@H]4C[C@H](n5cc(-c6ncc(F)cc6N6CCNCC6)c(C6CC6)n5)C4)cc3C2=O)C(=O)N1. The zero-order chi connectivity index (χ0) is 31.5. The lowest BCUT2D eigenvalue weighted by atomic mass is 9.80. The Morgan fingerprint density at radius 2 is 1.74 bits per heavy atom. The van der Waals surface area contributed by atoms with Gasteiger partial charge in [-0.05, 0) is 56.2 Å². The number of carbonyl (C=O) groups is 4. The number of amides is 4. The minimum Gasteiger partial charge on any atom is -0.385 e. The molecule has 13 heteroatoms. The zero-order valence-electron chi connectivity index (χ0n) is 25.3. The number of piperazine rings is 1.